The number of amides is 1. The van der Waals surface area contributed by atoms with Crippen LogP contribution in [0.3, 0.4) is 0 Å². The van der Waals surface area contributed by atoms with Crippen LogP contribution in [0.1, 0.15) is 44.0 Å². The largest absolute Gasteiger partial charge is 0.392 e. The van der Waals surface area contributed by atoms with Crippen molar-refractivity contribution in [2.75, 3.05) is 10.5 Å². The number of carbonyl (C=O) groups excluding carboxylic acids is 1. The molecular formula is C16H24N2O4S. The van der Waals surface area contributed by atoms with Crippen LogP contribution in [0.4, 0.5) is 5.69 Å². The summed E-state index contributed by atoms with van der Waals surface area (Å²) in [5.41, 5.74) is 0.173. The van der Waals surface area contributed by atoms with E-state index in [1.807, 2.05) is 13.8 Å². The zero-order valence-electron chi connectivity index (χ0n) is 13.7. The van der Waals surface area contributed by atoms with Gasteiger partial charge in [0.15, 0.2) is 0 Å². The molecule has 1 aromatic carbocycles. The Labute approximate surface area is 137 Å². The van der Waals surface area contributed by atoms with Crippen molar-refractivity contribution in [3.05, 3.63) is 29.8 Å². The average Bonchev–Trinajstić information content (AvgIpc) is 2.46. The molecule has 2 atom stereocenters. The van der Waals surface area contributed by atoms with Crippen LogP contribution in [0, 0.1) is 5.41 Å². The first-order valence-electron chi connectivity index (χ1n) is 7.76. The van der Waals surface area contributed by atoms with Crippen molar-refractivity contribution < 1.29 is 18.3 Å². The van der Waals surface area contributed by atoms with Crippen molar-refractivity contribution in [2.24, 2.45) is 5.41 Å². The van der Waals surface area contributed by atoms with Gasteiger partial charge in [0.2, 0.25) is 10.0 Å². The summed E-state index contributed by atoms with van der Waals surface area (Å²) in [5.74, 6) is -0.338. The minimum Gasteiger partial charge on any atom is -0.392 e. The first-order valence-corrected chi connectivity index (χ1v) is 9.41. The predicted octanol–water partition coefficient (Wildman–Crippen LogP) is 1.73. The zero-order valence-corrected chi connectivity index (χ0v) is 14.5. The Morgan fingerprint density at radius 2 is 2.00 bits per heavy atom. The van der Waals surface area contributed by atoms with Crippen LogP contribution in [0.15, 0.2) is 24.3 Å². The molecule has 128 valence electrons. The Kier molecular flexibility index (Phi) is 5.01. The summed E-state index contributed by atoms with van der Waals surface area (Å²) in [5, 5.41) is 12.6. The second kappa shape index (κ2) is 6.49. The molecular weight excluding hydrogens is 316 g/mol. The third kappa shape index (κ3) is 3.84. The summed E-state index contributed by atoms with van der Waals surface area (Å²) in [6.45, 7) is 5.56. The molecule has 23 heavy (non-hydrogen) atoms. The lowest BCUT2D eigenvalue weighted by atomic mass is 9.64. The molecule has 0 radical (unpaired) electrons. The highest BCUT2D eigenvalue weighted by molar-refractivity contribution is 7.92. The smallest absolute Gasteiger partial charge is 0.253 e. The predicted molar refractivity (Wildman–Crippen MR) is 89.8 cm³/mol. The fourth-order valence-electron chi connectivity index (χ4n) is 2.64. The quantitative estimate of drug-likeness (QED) is 0.735. The van der Waals surface area contributed by atoms with Crippen LogP contribution >= 0.6 is 0 Å². The summed E-state index contributed by atoms with van der Waals surface area (Å²) in [4.78, 5) is 12.5. The molecule has 1 fully saturated rings. The molecule has 0 saturated heterocycles. The lowest BCUT2D eigenvalue weighted by Gasteiger charge is -2.49. The number of aliphatic hydroxyl groups excluding tert-OH is 1. The Morgan fingerprint density at radius 1 is 1.35 bits per heavy atom. The number of sulfonamides is 1. The van der Waals surface area contributed by atoms with Gasteiger partial charge in [-0.3, -0.25) is 9.52 Å². The summed E-state index contributed by atoms with van der Waals surface area (Å²) in [6.07, 6.45) is 0.562. The number of aliphatic hydroxyl groups is 1. The van der Waals surface area contributed by atoms with Crippen molar-refractivity contribution in [1.29, 1.82) is 0 Å². The first kappa shape index (κ1) is 17.7. The van der Waals surface area contributed by atoms with E-state index >= 15 is 0 Å². The van der Waals surface area contributed by atoms with Crippen molar-refractivity contribution in [1.82, 2.24) is 5.32 Å². The number of benzene rings is 1. The van der Waals surface area contributed by atoms with Gasteiger partial charge in [0.25, 0.3) is 5.91 Å². The van der Waals surface area contributed by atoms with Crippen molar-refractivity contribution in [2.45, 2.75) is 45.8 Å². The highest BCUT2D eigenvalue weighted by Gasteiger charge is 2.48. The molecule has 1 aliphatic rings. The number of rotatable bonds is 6. The lowest BCUT2D eigenvalue weighted by Crippen LogP contribution is -2.61. The van der Waals surface area contributed by atoms with Gasteiger partial charge < -0.3 is 10.4 Å². The third-order valence-electron chi connectivity index (χ3n) is 4.43. The standard InChI is InChI=1S/C16H24N2O4S/c1-4-9-23(21,22)18-12-8-6-5-7-11(12)15(20)17-13-10-14(19)16(13,2)3/h5-8,13-14,18-19H,4,9-10H2,1-3H3,(H,17,20). The molecule has 6 nitrogen and oxygen atoms in total. The van der Waals surface area contributed by atoms with Gasteiger partial charge in [0, 0.05) is 11.5 Å². The number of hydrogen-bond donors (Lipinski definition) is 3. The summed E-state index contributed by atoms with van der Waals surface area (Å²) in [7, 11) is -3.46. The van der Waals surface area contributed by atoms with E-state index in [2.05, 4.69) is 10.0 Å². The molecule has 1 aliphatic carbocycles. The highest BCUT2D eigenvalue weighted by Crippen LogP contribution is 2.40. The Hall–Kier alpha value is -1.60. The van der Waals surface area contributed by atoms with Crippen molar-refractivity contribution in [3.8, 4) is 0 Å². The minimum absolute atomic E-state index is 0.00476. The number of anilines is 1. The van der Waals surface area contributed by atoms with Gasteiger partial charge >= 0.3 is 0 Å². The van der Waals surface area contributed by atoms with Crippen LogP contribution in [0.25, 0.3) is 0 Å². The highest BCUT2D eigenvalue weighted by atomic mass is 32.2. The van der Waals surface area contributed by atoms with Gasteiger partial charge in [-0.1, -0.05) is 32.9 Å². The summed E-state index contributed by atoms with van der Waals surface area (Å²) in [6, 6.07) is 6.39. The van der Waals surface area contributed by atoms with E-state index in [1.165, 1.54) is 0 Å². The molecule has 1 saturated carbocycles. The van der Waals surface area contributed by atoms with Crippen LogP contribution in [0.2, 0.25) is 0 Å². The number of hydrogen-bond acceptors (Lipinski definition) is 4. The fraction of sp³-hybridized carbons (Fsp3) is 0.562. The summed E-state index contributed by atoms with van der Waals surface area (Å²) < 4.78 is 26.3. The SMILES string of the molecule is CCCS(=O)(=O)Nc1ccccc1C(=O)NC1CC(O)C1(C)C. The molecule has 0 spiro atoms. The summed E-state index contributed by atoms with van der Waals surface area (Å²) >= 11 is 0. The van der Waals surface area contributed by atoms with Gasteiger partial charge in [0.1, 0.15) is 0 Å². The van der Waals surface area contributed by atoms with Gasteiger partial charge in [-0.2, -0.15) is 0 Å². The Morgan fingerprint density at radius 3 is 2.57 bits per heavy atom. The number of nitrogens with one attached hydrogen (secondary N) is 2. The molecule has 0 aliphatic heterocycles. The van der Waals surface area contributed by atoms with E-state index in [-0.39, 0.29) is 34.4 Å². The first-order chi connectivity index (χ1) is 10.7. The van der Waals surface area contributed by atoms with E-state index in [9.17, 15) is 18.3 Å². The number of carbonyl (C=O) groups is 1. The fourth-order valence-corrected chi connectivity index (χ4v) is 3.79. The third-order valence-corrected chi connectivity index (χ3v) is 5.91. The van der Waals surface area contributed by atoms with E-state index in [4.69, 9.17) is 0 Å². The molecule has 0 bridgehead atoms. The maximum Gasteiger partial charge on any atom is 0.253 e. The van der Waals surface area contributed by atoms with Crippen LogP contribution in [-0.4, -0.2) is 37.3 Å². The molecule has 1 amide bonds. The van der Waals surface area contributed by atoms with Crippen LogP contribution < -0.4 is 10.0 Å². The second-order valence-corrected chi connectivity index (χ2v) is 8.41. The maximum atomic E-state index is 12.5. The topological polar surface area (TPSA) is 95.5 Å². The van der Waals surface area contributed by atoms with E-state index in [0.717, 1.165) is 0 Å². The molecule has 1 aromatic rings. The van der Waals surface area contributed by atoms with Gasteiger partial charge in [-0.25, -0.2) is 8.42 Å². The van der Waals surface area contributed by atoms with Gasteiger partial charge in [-0.15, -0.1) is 0 Å². The van der Waals surface area contributed by atoms with Crippen LogP contribution in [0.5, 0.6) is 0 Å². The van der Waals surface area contributed by atoms with Gasteiger partial charge in [0.05, 0.1) is 23.1 Å². The molecule has 2 unspecified atom stereocenters. The Balaban J connectivity index is 2.15. The zero-order chi connectivity index (χ0) is 17.3. The molecule has 7 heteroatoms. The second-order valence-electron chi connectivity index (χ2n) is 6.57. The van der Waals surface area contributed by atoms with Crippen molar-refractivity contribution >= 4 is 21.6 Å². The molecule has 0 heterocycles. The lowest BCUT2D eigenvalue weighted by molar-refractivity contribution is -0.0689. The monoisotopic (exact) mass is 340 g/mol. The molecule has 3 N–H and O–H groups in total. The van der Waals surface area contributed by atoms with E-state index in [0.29, 0.717) is 12.8 Å². The van der Waals surface area contributed by atoms with Crippen LogP contribution in [-0.2, 0) is 10.0 Å². The Bertz CT molecular complexity index is 685. The van der Waals surface area contributed by atoms with E-state index < -0.39 is 16.1 Å². The maximum absolute atomic E-state index is 12.5. The van der Waals surface area contributed by atoms with E-state index in [1.54, 1.807) is 31.2 Å². The molecule has 2 rings (SSSR count). The number of para-hydroxylation sites is 1. The molecule has 0 aromatic heterocycles. The normalized spacial score (nSPS) is 23.0. The van der Waals surface area contributed by atoms with Gasteiger partial charge in [-0.05, 0) is 25.0 Å². The average molecular weight is 340 g/mol. The minimum atomic E-state index is -3.46. The van der Waals surface area contributed by atoms with Crippen molar-refractivity contribution in [3.63, 3.8) is 0 Å².